The molecular weight excluding hydrogens is 504 g/mol. The van der Waals surface area contributed by atoms with E-state index < -0.39 is 68.4 Å². The highest BCUT2D eigenvalue weighted by Gasteiger charge is 2.48. The molecule has 3 saturated heterocycles. The molecule has 0 saturated carbocycles. The monoisotopic (exact) mass is 546 g/mol. The van der Waals surface area contributed by atoms with Gasteiger partial charge in [-0.1, -0.05) is 0 Å². The molecule has 8 atom stereocenters. The van der Waals surface area contributed by atoms with E-state index in [1.807, 2.05) is 10.0 Å². The first-order chi connectivity index (χ1) is 18.3. The van der Waals surface area contributed by atoms with E-state index in [4.69, 9.17) is 18.9 Å². The van der Waals surface area contributed by atoms with Crippen LogP contribution in [0.5, 0.6) is 0 Å². The number of hydrogen-bond donors (Lipinski definition) is 5. The summed E-state index contributed by atoms with van der Waals surface area (Å²) < 4.78 is 22.1. The van der Waals surface area contributed by atoms with Crippen LogP contribution in [-0.4, -0.2) is 143 Å². The summed E-state index contributed by atoms with van der Waals surface area (Å²) in [4.78, 5) is 11.5. The highest BCUT2D eigenvalue weighted by molar-refractivity contribution is 5.66. The zero-order chi connectivity index (χ0) is 27.5. The minimum Gasteiger partial charge on any atom is -0.457 e. The Hall–Kier alpha value is -1.91. The molecule has 5 N–H and O–H groups in total. The maximum absolute atomic E-state index is 11.5. The van der Waals surface area contributed by atoms with Crippen LogP contribution in [0.3, 0.4) is 0 Å². The number of hydrogen-bond acceptors (Lipinski definition) is 14. The Balaban J connectivity index is 1.75. The van der Waals surface area contributed by atoms with Gasteiger partial charge in [0.25, 0.3) is 0 Å². The van der Waals surface area contributed by atoms with E-state index in [9.17, 15) is 30.3 Å². The Kier molecular flexibility index (Phi) is 12.6. The molecule has 0 bridgehead atoms. The fourth-order valence-electron chi connectivity index (χ4n) is 4.61. The van der Waals surface area contributed by atoms with Crippen LogP contribution in [0.15, 0.2) is 10.2 Å². The van der Waals surface area contributed by atoms with Crippen LogP contribution in [0, 0.1) is 0 Å². The van der Waals surface area contributed by atoms with Crippen molar-refractivity contribution < 1.29 is 49.3 Å². The molecule has 0 aromatic carbocycles. The molecule has 3 aliphatic heterocycles. The van der Waals surface area contributed by atoms with Crippen molar-refractivity contribution in [3.8, 4) is 0 Å². The number of esters is 1. The maximum atomic E-state index is 11.5. The maximum Gasteiger partial charge on any atom is 0.303 e. The van der Waals surface area contributed by atoms with Crippen molar-refractivity contribution in [3.63, 3.8) is 0 Å². The molecule has 0 unspecified atom stereocenters. The highest BCUT2D eigenvalue weighted by atomic mass is 16.7. The van der Waals surface area contributed by atoms with Gasteiger partial charge in [-0.05, 0) is 38.5 Å². The van der Waals surface area contributed by atoms with Crippen molar-refractivity contribution in [2.75, 3.05) is 39.4 Å². The van der Waals surface area contributed by atoms with Gasteiger partial charge in [-0.25, -0.2) is 0 Å². The normalized spacial score (nSPS) is 31.5. The van der Waals surface area contributed by atoms with Gasteiger partial charge in [0, 0.05) is 33.1 Å². The molecule has 3 aliphatic rings. The van der Waals surface area contributed by atoms with Gasteiger partial charge < -0.3 is 44.5 Å². The van der Waals surface area contributed by atoms with Gasteiger partial charge >= 0.3 is 5.97 Å². The largest absolute Gasteiger partial charge is 0.457 e. The summed E-state index contributed by atoms with van der Waals surface area (Å²) in [7, 11) is 0. The van der Waals surface area contributed by atoms with Gasteiger partial charge in [-0.15, -0.1) is 0 Å². The quantitative estimate of drug-likeness (QED) is 0.107. The van der Waals surface area contributed by atoms with Crippen molar-refractivity contribution in [1.29, 1.82) is 0 Å². The third-order valence-electron chi connectivity index (χ3n) is 6.68. The summed E-state index contributed by atoms with van der Waals surface area (Å²) in [6.45, 7) is 2.91. The predicted molar refractivity (Wildman–Crippen MR) is 134 cm³/mol. The van der Waals surface area contributed by atoms with Crippen molar-refractivity contribution >= 4 is 18.4 Å². The Bertz CT molecular complexity index is 762. The second-order valence-corrected chi connectivity index (χ2v) is 9.69. The van der Waals surface area contributed by atoms with Gasteiger partial charge in [0.2, 0.25) is 0 Å². The molecule has 0 aliphatic carbocycles. The third kappa shape index (κ3) is 9.09. The number of carbonyl (C=O) groups is 1. The second kappa shape index (κ2) is 15.6. The highest BCUT2D eigenvalue weighted by Crippen LogP contribution is 2.26. The first kappa shape index (κ1) is 30.6. The number of aliphatic hydroxyl groups excluding tert-OH is 5. The minimum absolute atomic E-state index is 0.590. The van der Waals surface area contributed by atoms with Crippen LogP contribution < -0.4 is 0 Å². The summed E-state index contributed by atoms with van der Waals surface area (Å²) in [5, 5.41) is 63.7. The molecule has 14 nitrogen and oxygen atoms in total. The smallest absolute Gasteiger partial charge is 0.303 e. The summed E-state index contributed by atoms with van der Waals surface area (Å²) in [5.74, 6) is -0.749. The number of carbonyl (C=O) groups excluding carboxylic acids is 1. The van der Waals surface area contributed by atoms with Gasteiger partial charge in [0.05, 0.1) is 25.6 Å². The first-order valence-electron chi connectivity index (χ1n) is 13.3. The predicted octanol–water partition coefficient (Wildman–Crippen LogP) is -1.62. The zero-order valence-corrected chi connectivity index (χ0v) is 21.8. The lowest BCUT2D eigenvalue weighted by atomic mass is 9.99. The van der Waals surface area contributed by atoms with Gasteiger partial charge in [0.15, 0.2) is 18.7 Å². The van der Waals surface area contributed by atoms with Crippen molar-refractivity contribution in [2.24, 2.45) is 10.2 Å². The molecular formula is C24H42N4O10. The van der Waals surface area contributed by atoms with E-state index >= 15 is 0 Å². The fourth-order valence-corrected chi connectivity index (χ4v) is 4.61. The summed E-state index contributed by atoms with van der Waals surface area (Å²) in [6.07, 6.45) is -2.24. The average Bonchev–Trinajstić information content (AvgIpc) is 2.93. The zero-order valence-electron chi connectivity index (χ0n) is 21.8. The summed E-state index contributed by atoms with van der Waals surface area (Å²) in [6, 6.07) is 0. The van der Waals surface area contributed by atoms with Crippen molar-refractivity contribution in [3.05, 3.63) is 0 Å². The average molecular weight is 547 g/mol. The Morgan fingerprint density at radius 3 is 2.08 bits per heavy atom. The molecule has 3 fully saturated rings. The van der Waals surface area contributed by atoms with Crippen LogP contribution in [0.2, 0.25) is 0 Å². The van der Waals surface area contributed by atoms with E-state index in [1.165, 1.54) is 12.4 Å². The number of piperidine rings is 2. The van der Waals surface area contributed by atoms with Crippen molar-refractivity contribution in [2.45, 2.75) is 94.7 Å². The van der Waals surface area contributed by atoms with E-state index in [-0.39, 0.29) is 0 Å². The Morgan fingerprint density at radius 1 is 0.974 bits per heavy atom. The van der Waals surface area contributed by atoms with E-state index in [0.717, 1.165) is 71.6 Å². The topological polar surface area (TPSA) is 186 Å². The standard InChI is InChI=1S/C24H42N4O10/c1-16(31)35-23-21(33)19(15-30)38-24(22(23)34)37-17(12-25-27-8-4-2-5-9-27)18(14-29)36-20(32)13-26-28-10-6-3-7-11-28/h12-13,17-24,29-30,32-34H,2-11,14-15H2,1H3/b25-12+,26-13-/t17-,18+,19+,20-,21+,22+,23-,24+/m1/s1. The number of hydrazone groups is 2. The molecule has 0 aromatic heterocycles. The Labute approximate surface area is 222 Å². The number of nitrogens with zero attached hydrogens (tertiary/aromatic N) is 4. The lowest BCUT2D eigenvalue weighted by molar-refractivity contribution is -0.315. The molecule has 0 radical (unpaired) electrons. The van der Waals surface area contributed by atoms with E-state index in [0.29, 0.717) is 0 Å². The van der Waals surface area contributed by atoms with Crippen LogP contribution in [-0.2, 0) is 23.7 Å². The lowest BCUT2D eigenvalue weighted by Gasteiger charge is -2.42. The molecule has 0 aromatic rings. The number of ether oxygens (including phenoxy) is 4. The Morgan fingerprint density at radius 2 is 1.55 bits per heavy atom. The number of rotatable bonds is 12. The van der Waals surface area contributed by atoms with Crippen LogP contribution in [0.4, 0.5) is 0 Å². The van der Waals surface area contributed by atoms with E-state index in [1.54, 1.807) is 0 Å². The van der Waals surface area contributed by atoms with Gasteiger partial charge in [0.1, 0.15) is 30.5 Å². The molecule has 0 amide bonds. The first-order valence-corrected chi connectivity index (χ1v) is 13.3. The second-order valence-electron chi connectivity index (χ2n) is 9.69. The number of aliphatic hydroxyl groups is 5. The molecule has 38 heavy (non-hydrogen) atoms. The summed E-state index contributed by atoms with van der Waals surface area (Å²) in [5.41, 5.74) is 0. The molecule has 3 rings (SSSR count). The minimum atomic E-state index is -1.63. The van der Waals surface area contributed by atoms with Gasteiger partial charge in [-0.2, -0.15) is 10.2 Å². The summed E-state index contributed by atoms with van der Waals surface area (Å²) >= 11 is 0. The molecule has 3 heterocycles. The van der Waals surface area contributed by atoms with Crippen LogP contribution in [0.1, 0.15) is 45.4 Å². The molecule has 218 valence electrons. The third-order valence-corrected chi connectivity index (χ3v) is 6.68. The lowest BCUT2D eigenvalue weighted by Crippen LogP contribution is -2.61. The molecule has 14 heteroatoms. The van der Waals surface area contributed by atoms with Crippen molar-refractivity contribution in [1.82, 2.24) is 10.0 Å². The van der Waals surface area contributed by atoms with Gasteiger partial charge in [-0.3, -0.25) is 14.8 Å². The SMILES string of the molecule is CC(=O)O[C@H]1[C@H](O)[C@@H](O[C@H](/C=N/N2CCCCC2)[C@H](CO)O[C@@H](O)/C=N\N2CCCCC2)O[C@@H](CO)[C@@H]1O. The van der Waals surface area contributed by atoms with E-state index in [2.05, 4.69) is 10.2 Å². The molecule has 0 spiro atoms. The van der Waals surface area contributed by atoms with Crippen LogP contribution >= 0.6 is 0 Å². The fraction of sp³-hybridized carbons (Fsp3) is 0.875. The van der Waals surface area contributed by atoms with Crippen LogP contribution in [0.25, 0.3) is 0 Å².